The van der Waals surface area contributed by atoms with Crippen LogP contribution in [-0.2, 0) is 0 Å². The van der Waals surface area contributed by atoms with E-state index >= 15 is 0 Å². The molecular weight excluding hydrogens is 254 g/mol. The first-order chi connectivity index (χ1) is 8.99. The number of nitrogens with two attached hydrogens (primary N) is 1. The Labute approximate surface area is 120 Å². The molecule has 0 radical (unpaired) electrons. The zero-order valence-electron chi connectivity index (χ0n) is 11.7. The first kappa shape index (κ1) is 14.1. The maximum atomic E-state index is 6.31. The zero-order chi connectivity index (χ0) is 14.0. The second kappa shape index (κ2) is 5.77. The van der Waals surface area contributed by atoms with Gasteiger partial charge in [-0.05, 0) is 41.2 Å². The highest BCUT2D eigenvalue weighted by atomic mass is 35.5. The Balaban J connectivity index is 2.30. The van der Waals surface area contributed by atoms with E-state index in [0.29, 0.717) is 5.92 Å². The normalized spacial score (nSPS) is 12.7. The van der Waals surface area contributed by atoms with E-state index in [9.17, 15) is 0 Å². The van der Waals surface area contributed by atoms with Gasteiger partial charge in [0.05, 0.1) is 6.04 Å². The summed E-state index contributed by atoms with van der Waals surface area (Å²) in [5.41, 5.74) is 10.9. The minimum absolute atomic E-state index is 0.172. The molecule has 0 aliphatic heterocycles. The van der Waals surface area contributed by atoms with Crippen molar-refractivity contribution in [3.8, 4) is 0 Å². The number of halogens is 1. The predicted octanol–water partition coefficient (Wildman–Crippen LogP) is 4.82. The largest absolute Gasteiger partial charge is 0.320 e. The molecule has 0 aliphatic carbocycles. The molecule has 100 valence electrons. The maximum Gasteiger partial charge on any atom is 0.0566 e. The Kier molecular flexibility index (Phi) is 4.28. The van der Waals surface area contributed by atoms with Crippen LogP contribution in [0, 0.1) is 6.92 Å². The van der Waals surface area contributed by atoms with Crippen molar-refractivity contribution < 1.29 is 0 Å². The van der Waals surface area contributed by atoms with Crippen LogP contribution in [-0.4, -0.2) is 0 Å². The molecular formula is C17H20ClN. The molecule has 19 heavy (non-hydrogen) atoms. The summed E-state index contributed by atoms with van der Waals surface area (Å²) in [7, 11) is 0. The number of benzene rings is 2. The molecule has 0 saturated heterocycles. The standard InChI is InChI=1S/C17H20ClN/c1-11(2)13-5-7-14(8-6-13)17(19)15-9-4-12(3)10-16(15)18/h4-11,17H,19H2,1-3H3. The maximum absolute atomic E-state index is 6.31. The van der Waals surface area contributed by atoms with Crippen molar-refractivity contribution in [2.24, 2.45) is 5.73 Å². The minimum atomic E-state index is -0.172. The molecule has 0 spiro atoms. The van der Waals surface area contributed by atoms with Gasteiger partial charge in [-0.3, -0.25) is 0 Å². The third-order valence-corrected chi connectivity index (χ3v) is 3.78. The molecule has 2 aromatic rings. The highest BCUT2D eigenvalue weighted by Crippen LogP contribution is 2.28. The van der Waals surface area contributed by atoms with Crippen LogP contribution in [0.5, 0.6) is 0 Å². The van der Waals surface area contributed by atoms with Crippen LogP contribution in [0.25, 0.3) is 0 Å². The van der Waals surface area contributed by atoms with Crippen molar-refractivity contribution in [3.63, 3.8) is 0 Å². The van der Waals surface area contributed by atoms with Crippen LogP contribution >= 0.6 is 11.6 Å². The molecule has 2 N–H and O–H groups in total. The molecule has 2 aromatic carbocycles. The Morgan fingerprint density at radius 3 is 2.05 bits per heavy atom. The molecule has 0 saturated carbocycles. The van der Waals surface area contributed by atoms with Gasteiger partial charge in [-0.2, -0.15) is 0 Å². The van der Waals surface area contributed by atoms with Gasteiger partial charge in [0.15, 0.2) is 0 Å². The van der Waals surface area contributed by atoms with Gasteiger partial charge in [-0.15, -0.1) is 0 Å². The summed E-state index contributed by atoms with van der Waals surface area (Å²) in [5, 5.41) is 0.737. The van der Waals surface area contributed by atoms with Gasteiger partial charge >= 0.3 is 0 Å². The van der Waals surface area contributed by atoms with Crippen LogP contribution in [0.2, 0.25) is 5.02 Å². The summed E-state index contributed by atoms with van der Waals surface area (Å²) >= 11 is 6.28. The molecule has 1 nitrogen and oxygen atoms in total. The fraction of sp³-hybridized carbons (Fsp3) is 0.294. The van der Waals surface area contributed by atoms with Crippen LogP contribution in [0.15, 0.2) is 42.5 Å². The summed E-state index contributed by atoms with van der Waals surface area (Å²) in [6, 6.07) is 14.3. The summed E-state index contributed by atoms with van der Waals surface area (Å²) in [5.74, 6) is 0.535. The SMILES string of the molecule is Cc1ccc(C(N)c2ccc(C(C)C)cc2)c(Cl)c1. The number of rotatable bonds is 3. The second-order valence-corrected chi connectivity index (χ2v) is 5.73. The van der Waals surface area contributed by atoms with E-state index in [1.165, 1.54) is 5.56 Å². The van der Waals surface area contributed by atoms with Gasteiger partial charge in [-0.25, -0.2) is 0 Å². The molecule has 1 atom stereocenters. The lowest BCUT2D eigenvalue weighted by Gasteiger charge is -2.16. The van der Waals surface area contributed by atoms with E-state index in [2.05, 4.69) is 38.1 Å². The van der Waals surface area contributed by atoms with Gasteiger partial charge in [0.25, 0.3) is 0 Å². The third kappa shape index (κ3) is 3.17. The molecule has 2 rings (SSSR count). The van der Waals surface area contributed by atoms with Gasteiger partial charge < -0.3 is 5.73 Å². The van der Waals surface area contributed by atoms with Crippen LogP contribution in [0.3, 0.4) is 0 Å². The van der Waals surface area contributed by atoms with Gasteiger partial charge in [0, 0.05) is 5.02 Å². The minimum Gasteiger partial charge on any atom is -0.320 e. The summed E-state index contributed by atoms with van der Waals surface area (Å²) < 4.78 is 0. The summed E-state index contributed by atoms with van der Waals surface area (Å²) in [4.78, 5) is 0. The quantitative estimate of drug-likeness (QED) is 0.852. The van der Waals surface area contributed by atoms with E-state index < -0.39 is 0 Å². The van der Waals surface area contributed by atoms with Crippen molar-refractivity contribution in [2.75, 3.05) is 0 Å². The van der Waals surface area contributed by atoms with Crippen molar-refractivity contribution in [1.29, 1.82) is 0 Å². The average molecular weight is 274 g/mol. The van der Waals surface area contributed by atoms with E-state index in [0.717, 1.165) is 21.7 Å². The van der Waals surface area contributed by atoms with Crippen molar-refractivity contribution in [1.82, 2.24) is 0 Å². The molecule has 0 aromatic heterocycles. The van der Waals surface area contributed by atoms with Crippen molar-refractivity contribution in [3.05, 3.63) is 69.7 Å². The lowest BCUT2D eigenvalue weighted by molar-refractivity contribution is 0.847. The molecule has 2 heteroatoms. The Bertz CT molecular complexity index is 558. The predicted molar refractivity (Wildman–Crippen MR) is 82.8 cm³/mol. The second-order valence-electron chi connectivity index (χ2n) is 5.32. The van der Waals surface area contributed by atoms with E-state index in [4.69, 9.17) is 17.3 Å². The van der Waals surface area contributed by atoms with Crippen molar-refractivity contribution >= 4 is 11.6 Å². The van der Waals surface area contributed by atoms with Crippen LogP contribution < -0.4 is 5.73 Å². The smallest absolute Gasteiger partial charge is 0.0566 e. The Hall–Kier alpha value is -1.31. The molecule has 1 unspecified atom stereocenters. The number of hydrogen-bond donors (Lipinski definition) is 1. The molecule has 0 bridgehead atoms. The summed E-state index contributed by atoms with van der Waals surface area (Å²) in [6.07, 6.45) is 0. The first-order valence-electron chi connectivity index (χ1n) is 6.60. The van der Waals surface area contributed by atoms with Gasteiger partial charge in [-0.1, -0.05) is 61.8 Å². The molecule has 0 amide bonds. The third-order valence-electron chi connectivity index (χ3n) is 3.45. The van der Waals surface area contributed by atoms with Crippen molar-refractivity contribution in [2.45, 2.75) is 32.7 Å². The van der Waals surface area contributed by atoms with E-state index in [1.807, 2.05) is 25.1 Å². The summed E-state index contributed by atoms with van der Waals surface area (Å²) in [6.45, 7) is 6.40. The van der Waals surface area contributed by atoms with Gasteiger partial charge in [0.1, 0.15) is 0 Å². The van der Waals surface area contributed by atoms with Gasteiger partial charge in [0.2, 0.25) is 0 Å². The topological polar surface area (TPSA) is 26.0 Å². The fourth-order valence-corrected chi connectivity index (χ4v) is 2.50. The molecule has 0 heterocycles. The first-order valence-corrected chi connectivity index (χ1v) is 6.98. The van der Waals surface area contributed by atoms with Crippen LogP contribution in [0.4, 0.5) is 0 Å². The Morgan fingerprint density at radius 2 is 1.53 bits per heavy atom. The van der Waals surface area contributed by atoms with Crippen LogP contribution in [0.1, 0.15) is 48.1 Å². The lowest BCUT2D eigenvalue weighted by atomic mass is 9.95. The number of hydrogen-bond acceptors (Lipinski definition) is 1. The monoisotopic (exact) mass is 273 g/mol. The highest BCUT2D eigenvalue weighted by molar-refractivity contribution is 6.31. The fourth-order valence-electron chi connectivity index (χ4n) is 2.15. The molecule has 0 fully saturated rings. The Morgan fingerprint density at radius 1 is 0.947 bits per heavy atom. The number of aryl methyl sites for hydroxylation is 1. The zero-order valence-corrected chi connectivity index (χ0v) is 12.4. The van der Waals surface area contributed by atoms with E-state index in [-0.39, 0.29) is 6.04 Å². The molecule has 0 aliphatic rings. The average Bonchev–Trinajstić information content (AvgIpc) is 2.38. The highest BCUT2D eigenvalue weighted by Gasteiger charge is 2.12. The van der Waals surface area contributed by atoms with E-state index in [1.54, 1.807) is 0 Å². The lowest BCUT2D eigenvalue weighted by Crippen LogP contribution is -2.12.